The maximum absolute atomic E-state index is 11.0. The quantitative estimate of drug-likeness (QED) is 0.779. The molecule has 0 aliphatic carbocycles. The summed E-state index contributed by atoms with van der Waals surface area (Å²) in [5, 5.41) is 5.00. The molecule has 0 saturated carbocycles. The zero-order valence-electron chi connectivity index (χ0n) is 7.44. The highest BCUT2D eigenvalue weighted by molar-refractivity contribution is 7.89. The molecule has 3 nitrogen and oxygen atoms in total. The van der Waals surface area contributed by atoms with E-state index in [4.69, 9.17) is 5.14 Å². The normalized spacial score (nSPS) is 10.7. The molecule has 0 saturated heterocycles. The lowest BCUT2D eigenvalue weighted by Gasteiger charge is -2.04. The van der Waals surface area contributed by atoms with Gasteiger partial charge in [0.25, 0.3) is 0 Å². The molecule has 2 N–H and O–H groups in total. The lowest BCUT2D eigenvalue weighted by atomic mass is 10.1. The van der Waals surface area contributed by atoms with Crippen molar-refractivity contribution in [2.75, 3.05) is 0 Å². The third-order valence-electron chi connectivity index (χ3n) is 1.86. The highest BCUT2D eigenvalue weighted by atomic mass is 35.5. The molecule has 0 spiro atoms. The number of halogens is 1. The molecule has 0 unspecified atom stereocenters. The first-order valence-electron chi connectivity index (χ1n) is 3.52. The molecular weight excluding hydrogens is 210 g/mol. The van der Waals surface area contributed by atoms with E-state index in [-0.39, 0.29) is 17.3 Å². The molecule has 0 aromatic heterocycles. The molecule has 1 aromatic carbocycles. The fourth-order valence-electron chi connectivity index (χ4n) is 1.03. The Hall–Kier alpha value is -0.580. The number of benzene rings is 1. The van der Waals surface area contributed by atoms with Crippen LogP contribution in [0, 0.1) is 13.8 Å². The van der Waals surface area contributed by atoms with Crippen molar-refractivity contribution in [1.82, 2.24) is 0 Å². The van der Waals surface area contributed by atoms with E-state index in [9.17, 15) is 8.42 Å². The van der Waals surface area contributed by atoms with Crippen molar-refractivity contribution in [3.63, 3.8) is 0 Å². The summed E-state index contributed by atoms with van der Waals surface area (Å²) in [6, 6.07) is 5.05. The number of hydrogen-bond acceptors (Lipinski definition) is 2. The van der Waals surface area contributed by atoms with Gasteiger partial charge >= 0.3 is 0 Å². The van der Waals surface area contributed by atoms with Crippen LogP contribution < -0.4 is 5.14 Å². The number of nitrogens with two attached hydrogens (primary N) is 1. The summed E-state index contributed by atoms with van der Waals surface area (Å²) < 4.78 is 22.0. The fourth-order valence-corrected chi connectivity index (χ4v) is 1.89. The third-order valence-corrected chi connectivity index (χ3v) is 2.92. The smallest absolute Gasteiger partial charge is 0.225 e. The minimum Gasteiger partial charge on any atom is -0.225 e. The van der Waals surface area contributed by atoms with Crippen molar-refractivity contribution in [3.05, 3.63) is 29.3 Å². The molecule has 1 rings (SSSR count). The molecule has 0 aliphatic rings. The molecular formula is C8H12ClNO2S. The average Bonchev–Trinajstić information content (AvgIpc) is 1.92. The maximum Gasteiger partial charge on any atom is 0.238 e. The Morgan fingerprint density at radius 2 is 1.77 bits per heavy atom. The first kappa shape index (κ1) is 12.4. The number of hydrogen-bond donors (Lipinski definition) is 1. The number of rotatable bonds is 1. The summed E-state index contributed by atoms with van der Waals surface area (Å²) >= 11 is 0. The van der Waals surface area contributed by atoms with Gasteiger partial charge in [-0.25, -0.2) is 13.6 Å². The van der Waals surface area contributed by atoms with Gasteiger partial charge in [-0.1, -0.05) is 12.1 Å². The third kappa shape index (κ3) is 2.69. The summed E-state index contributed by atoms with van der Waals surface area (Å²) in [6.07, 6.45) is 0. The molecule has 0 radical (unpaired) electrons. The van der Waals surface area contributed by atoms with Gasteiger partial charge in [0, 0.05) is 0 Å². The van der Waals surface area contributed by atoms with Crippen molar-refractivity contribution in [2.24, 2.45) is 5.14 Å². The second-order valence-corrected chi connectivity index (χ2v) is 4.27. The van der Waals surface area contributed by atoms with E-state index in [1.54, 1.807) is 13.0 Å². The monoisotopic (exact) mass is 221 g/mol. The topological polar surface area (TPSA) is 60.2 Å². The Morgan fingerprint density at radius 3 is 2.15 bits per heavy atom. The van der Waals surface area contributed by atoms with E-state index in [2.05, 4.69) is 0 Å². The predicted octanol–water partition coefficient (Wildman–Crippen LogP) is 1.37. The molecule has 0 heterocycles. The van der Waals surface area contributed by atoms with Gasteiger partial charge in [0.05, 0.1) is 4.90 Å². The number of primary sulfonamides is 1. The van der Waals surface area contributed by atoms with Crippen LogP contribution in [0.3, 0.4) is 0 Å². The van der Waals surface area contributed by atoms with Crippen LogP contribution in [-0.2, 0) is 10.0 Å². The average molecular weight is 222 g/mol. The van der Waals surface area contributed by atoms with Crippen LogP contribution in [0.15, 0.2) is 23.1 Å². The van der Waals surface area contributed by atoms with E-state index in [0.29, 0.717) is 0 Å². The summed E-state index contributed by atoms with van der Waals surface area (Å²) in [4.78, 5) is 0.211. The highest BCUT2D eigenvalue weighted by Gasteiger charge is 2.11. The van der Waals surface area contributed by atoms with Crippen LogP contribution in [-0.4, -0.2) is 8.42 Å². The van der Waals surface area contributed by atoms with E-state index in [1.165, 1.54) is 6.07 Å². The largest absolute Gasteiger partial charge is 0.238 e. The van der Waals surface area contributed by atoms with Crippen LogP contribution in [0.25, 0.3) is 0 Å². The van der Waals surface area contributed by atoms with E-state index < -0.39 is 10.0 Å². The zero-order valence-corrected chi connectivity index (χ0v) is 9.08. The second kappa shape index (κ2) is 4.09. The Labute approximate surface area is 84.4 Å². The first-order chi connectivity index (χ1) is 5.43. The summed E-state index contributed by atoms with van der Waals surface area (Å²) in [7, 11) is -3.56. The van der Waals surface area contributed by atoms with Gasteiger partial charge in [-0.15, -0.1) is 12.4 Å². The highest BCUT2D eigenvalue weighted by Crippen LogP contribution is 2.15. The van der Waals surface area contributed by atoms with Crippen molar-refractivity contribution >= 4 is 22.4 Å². The lowest BCUT2D eigenvalue weighted by Crippen LogP contribution is -2.13. The Morgan fingerprint density at radius 1 is 1.23 bits per heavy atom. The van der Waals surface area contributed by atoms with Crippen molar-refractivity contribution in [2.45, 2.75) is 18.7 Å². The van der Waals surface area contributed by atoms with Crippen LogP contribution in [0.1, 0.15) is 11.1 Å². The first-order valence-corrected chi connectivity index (χ1v) is 5.06. The van der Waals surface area contributed by atoms with Gasteiger partial charge in [-0.2, -0.15) is 0 Å². The fraction of sp³-hybridized carbons (Fsp3) is 0.250. The van der Waals surface area contributed by atoms with Crippen LogP contribution in [0.2, 0.25) is 0 Å². The number of sulfonamides is 1. The van der Waals surface area contributed by atoms with Gasteiger partial charge in [-0.05, 0) is 31.0 Å². The number of aryl methyl sites for hydroxylation is 1. The lowest BCUT2D eigenvalue weighted by molar-refractivity contribution is 0.597. The van der Waals surface area contributed by atoms with E-state index >= 15 is 0 Å². The molecule has 13 heavy (non-hydrogen) atoms. The molecule has 0 bridgehead atoms. The van der Waals surface area contributed by atoms with Crippen molar-refractivity contribution in [3.8, 4) is 0 Å². The van der Waals surface area contributed by atoms with Crippen LogP contribution >= 0.6 is 12.4 Å². The Bertz CT molecular complexity index is 401. The maximum atomic E-state index is 11.0. The van der Waals surface area contributed by atoms with Gasteiger partial charge in [0.2, 0.25) is 10.0 Å². The second-order valence-electron chi connectivity index (χ2n) is 2.74. The summed E-state index contributed by atoms with van der Waals surface area (Å²) in [6.45, 7) is 3.60. The molecule has 0 fully saturated rings. The van der Waals surface area contributed by atoms with Gasteiger partial charge < -0.3 is 0 Å². The predicted molar refractivity (Wildman–Crippen MR) is 54.5 cm³/mol. The molecule has 0 amide bonds. The van der Waals surface area contributed by atoms with Crippen LogP contribution in [0.5, 0.6) is 0 Å². The van der Waals surface area contributed by atoms with Crippen molar-refractivity contribution < 1.29 is 8.42 Å². The van der Waals surface area contributed by atoms with E-state index in [1.807, 2.05) is 13.0 Å². The Balaban J connectivity index is 0.00000144. The van der Waals surface area contributed by atoms with Crippen LogP contribution in [0.4, 0.5) is 0 Å². The van der Waals surface area contributed by atoms with Gasteiger partial charge in [-0.3, -0.25) is 0 Å². The zero-order chi connectivity index (χ0) is 9.35. The Kier molecular flexibility index (Phi) is 3.90. The molecule has 1 aromatic rings. The van der Waals surface area contributed by atoms with E-state index in [0.717, 1.165) is 11.1 Å². The standard InChI is InChI=1S/C8H11NO2S.ClH/c1-6-4-3-5-8(7(6)2)12(9,10)11;/h3-5H,1-2H3,(H2,9,10,11);1H. The molecule has 5 heteroatoms. The molecule has 74 valence electrons. The molecule has 0 atom stereocenters. The van der Waals surface area contributed by atoms with Gasteiger partial charge in [0.1, 0.15) is 0 Å². The minimum atomic E-state index is -3.56. The summed E-state index contributed by atoms with van der Waals surface area (Å²) in [5.74, 6) is 0. The van der Waals surface area contributed by atoms with Gasteiger partial charge in [0.15, 0.2) is 0 Å². The SMILES string of the molecule is Cc1cccc(S(N)(=O)=O)c1C.Cl. The summed E-state index contributed by atoms with van der Waals surface area (Å²) in [5.41, 5.74) is 1.65. The molecule has 0 aliphatic heterocycles. The van der Waals surface area contributed by atoms with Crippen molar-refractivity contribution in [1.29, 1.82) is 0 Å². The minimum absolute atomic E-state index is 0.